The molecule has 1 aromatic rings. The van der Waals surface area contributed by atoms with Gasteiger partial charge in [-0.05, 0) is 18.1 Å². The molecular weight excluding hydrogens is 272 g/mol. The molecule has 0 fully saturated rings. The second-order valence-electron chi connectivity index (χ2n) is 4.36. The van der Waals surface area contributed by atoms with Gasteiger partial charge < -0.3 is 14.6 Å². The molecule has 6 nitrogen and oxygen atoms in total. The van der Waals surface area contributed by atoms with Gasteiger partial charge in [-0.3, -0.25) is 4.55 Å². The van der Waals surface area contributed by atoms with Crippen LogP contribution in [0.3, 0.4) is 0 Å². The Labute approximate surface area is 112 Å². The highest BCUT2D eigenvalue weighted by Gasteiger charge is 2.25. The first-order valence-electron chi connectivity index (χ1n) is 5.62. The van der Waals surface area contributed by atoms with Crippen LogP contribution >= 0.6 is 0 Å². The first kappa shape index (κ1) is 15.7. The molecule has 1 aromatic carbocycles. The smallest absolute Gasteiger partial charge is 0.296 e. The Morgan fingerprint density at radius 3 is 1.79 bits per heavy atom. The molecule has 1 rings (SSSR count). The quantitative estimate of drug-likeness (QED) is 0.802. The van der Waals surface area contributed by atoms with Crippen LogP contribution in [-0.2, 0) is 10.1 Å². The molecule has 1 unspecified atom stereocenters. The van der Waals surface area contributed by atoms with Crippen LogP contribution in [-0.4, -0.2) is 32.3 Å². The minimum absolute atomic E-state index is 0.0133. The Morgan fingerprint density at radius 2 is 1.53 bits per heavy atom. The highest BCUT2D eigenvalue weighted by molar-refractivity contribution is 7.85. The van der Waals surface area contributed by atoms with Crippen molar-refractivity contribution in [1.29, 1.82) is 0 Å². The Morgan fingerprint density at radius 1 is 1.11 bits per heavy atom. The summed E-state index contributed by atoms with van der Waals surface area (Å²) in [5.74, 6) is 0.876. The average Bonchev–Trinajstić information content (AvgIpc) is 2.34. The van der Waals surface area contributed by atoms with Crippen LogP contribution in [0.2, 0.25) is 0 Å². The van der Waals surface area contributed by atoms with Gasteiger partial charge in [0.15, 0.2) is 0 Å². The maximum absolute atomic E-state index is 11.0. The lowest BCUT2D eigenvalue weighted by atomic mass is 9.99. The summed E-state index contributed by atoms with van der Waals surface area (Å²) in [5.41, 5.74) is -1.28. The Bertz CT molecular complexity index is 524. The zero-order chi connectivity index (χ0) is 14.8. The van der Waals surface area contributed by atoms with E-state index in [0.29, 0.717) is 11.5 Å². The van der Waals surface area contributed by atoms with E-state index in [9.17, 15) is 13.5 Å². The Hall–Kier alpha value is -1.31. The van der Waals surface area contributed by atoms with Crippen LogP contribution in [0.4, 0.5) is 0 Å². The van der Waals surface area contributed by atoms with Gasteiger partial charge in [0.1, 0.15) is 11.5 Å². The molecule has 0 aliphatic heterocycles. The van der Waals surface area contributed by atoms with Gasteiger partial charge >= 0.3 is 0 Å². The summed E-state index contributed by atoms with van der Waals surface area (Å²) in [4.78, 5) is 0. The van der Waals surface area contributed by atoms with E-state index in [0.717, 1.165) is 5.56 Å². The fourth-order valence-electron chi connectivity index (χ4n) is 1.84. The van der Waals surface area contributed by atoms with E-state index in [4.69, 9.17) is 14.0 Å². The van der Waals surface area contributed by atoms with Gasteiger partial charge in [-0.2, -0.15) is 8.42 Å². The van der Waals surface area contributed by atoms with Gasteiger partial charge in [0.2, 0.25) is 5.44 Å². The summed E-state index contributed by atoms with van der Waals surface area (Å²) in [7, 11) is -1.72. The van der Waals surface area contributed by atoms with Crippen molar-refractivity contribution in [2.24, 2.45) is 0 Å². The summed E-state index contributed by atoms with van der Waals surface area (Å²) in [5, 5.41) is 9.58. The van der Waals surface area contributed by atoms with Gasteiger partial charge in [-0.15, -0.1) is 0 Å². The van der Waals surface area contributed by atoms with Crippen molar-refractivity contribution in [3.8, 4) is 11.5 Å². The van der Waals surface area contributed by atoms with E-state index >= 15 is 0 Å². The first-order valence-corrected chi connectivity index (χ1v) is 7.12. The van der Waals surface area contributed by atoms with Crippen molar-refractivity contribution in [1.82, 2.24) is 0 Å². The molecule has 0 saturated heterocycles. The zero-order valence-corrected chi connectivity index (χ0v) is 12.1. The molecule has 19 heavy (non-hydrogen) atoms. The van der Waals surface area contributed by atoms with Gasteiger partial charge in [-0.25, -0.2) is 0 Å². The van der Waals surface area contributed by atoms with Gasteiger partial charge in [-0.1, -0.05) is 13.8 Å². The number of aliphatic hydroxyl groups is 1. The standard InChI is InChI=1S/C12H18O6S/c1-7(2)11-9(17-3)5-8(6-10(11)18-4)12(13)19(14,15)16/h5-7,12-13H,1-4H3,(H,14,15,16). The number of hydrogen-bond acceptors (Lipinski definition) is 5. The first-order chi connectivity index (χ1) is 8.72. The third kappa shape index (κ3) is 3.37. The molecule has 0 radical (unpaired) electrons. The molecule has 0 spiro atoms. The van der Waals surface area contributed by atoms with E-state index < -0.39 is 15.6 Å². The molecule has 0 aromatic heterocycles. The van der Waals surface area contributed by atoms with Gasteiger partial charge in [0, 0.05) is 11.1 Å². The highest BCUT2D eigenvalue weighted by Crippen LogP contribution is 2.38. The maximum atomic E-state index is 11.0. The topological polar surface area (TPSA) is 93.1 Å². The van der Waals surface area contributed by atoms with Crippen LogP contribution in [0.25, 0.3) is 0 Å². The predicted octanol–water partition coefficient (Wildman–Crippen LogP) is 1.71. The van der Waals surface area contributed by atoms with E-state index in [2.05, 4.69) is 0 Å². The lowest BCUT2D eigenvalue weighted by Crippen LogP contribution is -2.12. The fraction of sp³-hybridized carbons (Fsp3) is 0.500. The summed E-state index contributed by atoms with van der Waals surface area (Å²) in [6, 6.07) is 2.74. The number of hydrogen-bond donors (Lipinski definition) is 2. The van der Waals surface area contributed by atoms with Crippen LogP contribution < -0.4 is 9.47 Å². The average molecular weight is 290 g/mol. The van der Waals surface area contributed by atoms with E-state index in [-0.39, 0.29) is 11.5 Å². The molecular formula is C12H18O6S. The Kier molecular flexibility index (Phi) is 4.78. The molecule has 108 valence electrons. The van der Waals surface area contributed by atoms with E-state index in [1.165, 1.54) is 26.4 Å². The minimum Gasteiger partial charge on any atom is -0.496 e. The summed E-state index contributed by atoms with van der Waals surface area (Å²) in [6.45, 7) is 3.86. The van der Waals surface area contributed by atoms with Crippen LogP contribution in [0, 0.1) is 0 Å². The molecule has 0 heterocycles. The fourth-order valence-corrected chi connectivity index (χ4v) is 2.32. The number of benzene rings is 1. The summed E-state index contributed by atoms with van der Waals surface area (Å²) < 4.78 is 41.2. The molecule has 0 saturated carbocycles. The summed E-state index contributed by atoms with van der Waals surface area (Å²) >= 11 is 0. The van der Waals surface area contributed by atoms with Crippen molar-refractivity contribution >= 4 is 10.1 Å². The number of ether oxygens (including phenoxy) is 2. The second-order valence-corrected chi connectivity index (χ2v) is 5.84. The van der Waals surface area contributed by atoms with Crippen molar-refractivity contribution in [3.63, 3.8) is 0 Å². The largest absolute Gasteiger partial charge is 0.496 e. The predicted molar refractivity (Wildman–Crippen MR) is 70.1 cm³/mol. The molecule has 0 bridgehead atoms. The van der Waals surface area contributed by atoms with Crippen LogP contribution in [0.15, 0.2) is 12.1 Å². The summed E-state index contributed by atoms with van der Waals surface area (Å²) in [6.07, 6.45) is 0. The second kappa shape index (κ2) is 5.77. The maximum Gasteiger partial charge on any atom is 0.296 e. The lowest BCUT2D eigenvalue weighted by molar-refractivity contribution is 0.237. The molecule has 7 heteroatoms. The number of rotatable bonds is 5. The van der Waals surface area contributed by atoms with Crippen molar-refractivity contribution in [2.75, 3.05) is 14.2 Å². The van der Waals surface area contributed by atoms with Crippen molar-refractivity contribution in [3.05, 3.63) is 23.3 Å². The van der Waals surface area contributed by atoms with Crippen LogP contribution in [0.5, 0.6) is 11.5 Å². The normalized spacial score (nSPS) is 13.4. The van der Waals surface area contributed by atoms with Gasteiger partial charge in [0.25, 0.3) is 10.1 Å². The Balaban J connectivity index is 3.48. The molecule has 1 atom stereocenters. The monoisotopic (exact) mass is 290 g/mol. The van der Waals surface area contributed by atoms with Crippen molar-refractivity contribution in [2.45, 2.75) is 25.2 Å². The van der Waals surface area contributed by atoms with E-state index in [1.54, 1.807) is 0 Å². The molecule has 2 N–H and O–H groups in total. The number of aliphatic hydroxyl groups excluding tert-OH is 1. The third-order valence-corrected chi connectivity index (χ3v) is 3.55. The van der Waals surface area contributed by atoms with Crippen LogP contribution in [0.1, 0.15) is 36.3 Å². The minimum atomic E-state index is -4.59. The molecule has 0 aliphatic carbocycles. The zero-order valence-electron chi connectivity index (χ0n) is 11.2. The number of methoxy groups -OCH3 is 2. The lowest BCUT2D eigenvalue weighted by Gasteiger charge is -2.19. The molecule has 0 amide bonds. The van der Waals surface area contributed by atoms with E-state index in [1.807, 2.05) is 13.8 Å². The van der Waals surface area contributed by atoms with Crippen molar-refractivity contribution < 1.29 is 27.6 Å². The van der Waals surface area contributed by atoms with Gasteiger partial charge in [0.05, 0.1) is 14.2 Å². The third-order valence-electron chi connectivity index (χ3n) is 2.71. The SMILES string of the molecule is COc1cc(C(O)S(=O)(=O)O)cc(OC)c1C(C)C. The molecule has 0 aliphatic rings. The highest BCUT2D eigenvalue weighted by atomic mass is 32.2.